The van der Waals surface area contributed by atoms with Gasteiger partial charge in [-0.15, -0.1) is 15.3 Å². The van der Waals surface area contributed by atoms with Gasteiger partial charge in [-0.25, -0.2) is 14.0 Å². The third-order valence-electron chi connectivity index (χ3n) is 20.3. The highest BCUT2D eigenvalue weighted by Gasteiger charge is 2.27. The summed E-state index contributed by atoms with van der Waals surface area (Å²) < 4.78 is 48.3. The minimum absolute atomic E-state index is 0.140. The normalized spacial score (nSPS) is 13.5. The van der Waals surface area contributed by atoms with Gasteiger partial charge in [0.05, 0.1) is 77.9 Å². The Bertz CT molecular complexity index is 4960. The van der Waals surface area contributed by atoms with E-state index in [0.717, 1.165) is 50.1 Å². The molecule has 1 aliphatic rings. The SMILES string of the molecule is CC(C)(C)c1cc2c(OCc3cn(Cc4c5ccccc5cc5ccccc45)nn3)c(c1)COCc1cc(C(C)(C)C)cc(c1OCc1cn(Cc3c4ccccc4cc4ccccc34)nn1)COCc1cc(C(C)(C)C)cc(c1OCc1cn(Cc3c4ccccc4cc4ccccc34)nn1)COC2. The molecule has 0 saturated heterocycles. The lowest BCUT2D eigenvalue weighted by Gasteiger charge is -2.26. The highest BCUT2D eigenvalue weighted by atomic mass is 16.5. The first-order valence-electron chi connectivity index (χ1n) is 36.3. The summed E-state index contributed by atoms with van der Waals surface area (Å²) in [4.78, 5) is 0. The van der Waals surface area contributed by atoms with Crippen LogP contribution in [0.4, 0.5) is 0 Å². The Kier molecular flexibility index (Phi) is 18.6. The Morgan fingerprint density at radius 1 is 0.295 bits per heavy atom. The summed E-state index contributed by atoms with van der Waals surface area (Å²) in [5, 5.41) is 42.6. The molecule has 15 heteroatoms. The van der Waals surface area contributed by atoms with Gasteiger partial charge in [-0.2, -0.15) is 0 Å². The van der Waals surface area contributed by atoms with Crippen molar-refractivity contribution in [3.05, 3.63) is 303 Å². The standard InChI is InChI=1S/C90H87N9O6/c1-88(2,3)70-37-64-49-100-51-66-39-71(89(4,5)6)41-68(86(66)104-56-74-44-98(95-92-74)47-83-78-30-18-12-24-60(78)35-61-25-13-19-31-79(61)83)53-102-54-69-42-72(90(7,8)9)40-67(87(69)105-57-75-45-99(96-93-75)48-84-80-32-20-14-26-62(80)36-63-27-15-21-33-81(63)84)52-101-50-65(38-70)85(64)103-55-73-43-97(94-91-73)46-82-76-28-16-10-22-58(76)34-59-23-11-17-29-77(59)82/h10-45H,46-57H2,1-9H3. The van der Waals surface area contributed by atoms with Crippen LogP contribution in [-0.4, -0.2) is 45.0 Å². The maximum atomic E-state index is 7.14. The van der Waals surface area contributed by atoms with Gasteiger partial charge in [0.15, 0.2) is 0 Å². The molecule has 528 valence electrons. The molecule has 0 atom stereocenters. The molecule has 0 radical (unpaired) electrons. The minimum atomic E-state index is -0.267. The van der Waals surface area contributed by atoms with Crippen molar-refractivity contribution in [2.24, 2.45) is 0 Å². The van der Waals surface area contributed by atoms with E-state index in [4.69, 9.17) is 59.4 Å². The van der Waals surface area contributed by atoms with Crippen molar-refractivity contribution < 1.29 is 28.4 Å². The van der Waals surface area contributed by atoms with E-state index in [1.54, 1.807) is 0 Å². The Labute approximate surface area is 612 Å². The number of fused-ring (bicyclic) bond motifs is 12. The smallest absolute Gasteiger partial charge is 0.134 e. The molecule has 6 bridgehead atoms. The van der Waals surface area contributed by atoms with Crippen LogP contribution in [0, 0.1) is 0 Å². The van der Waals surface area contributed by atoms with E-state index in [0.29, 0.717) is 54.0 Å². The minimum Gasteiger partial charge on any atom is -0.486 e. The summed E-state index contributed by atoms with van der Waals surface area (Å²) in [7, 11) is 0. The van der Waals surface area contributed by atoms with Crippen LogP contribution in [0.25, 0.3) is 64.6 Å². The van der Waals surface area contributed by atoms with Crippen LogP contribution in [0.3, 0.4) is 0 Å². The van der Waals surface area contributed by atoms with Crippen molar-refractivity contribution in [1.29, 1.82) is 0 Å². The predicted molar refractivity (Wildman–Crippen MR) is 416 cm³/mol. The molecule has 15 nitrogen and oxygen atoms in total. The third kappa shape index (κ3) is 14.7. The summed E-state index contributed by atoms with van der Waals surface area (Å²) in [5.74, 6) is 1.98. The Morgan fingerprint density at radius 3 is 0.714 bits per heavy atom. The summed E-state index contributed by atoms with van der Waals surface area (Å²) in [6.45, 7) is 23.3. The van der Waals surface area contributed by atoms with E-state index in [-0.39, 0.29) is 75.7 Å². The summed E-state index contributed by atoms with van der Waals surface area (Å²) in [5.41, 5.74) is 13.3. The maximum absolute atomic E-state index is 7.14. The molecule has 0 saturated carbocycles. The predicted octanol–water partition coefficient (Wildman–Crippen LogP) is 19.6. The first-order chi connectivity index (χ1) is 50.9. The molecule has 4 heterocycles. The number of hydrogen-bond donors (Lipinski definition) is 0. The fraction of sp³-hybridized carbons (Fsp3) is 0.267. The van der Waals surface area contributed by atoms with E-state index in [9.17, 15) is 0 Å². The number of hydrogen-bond acceptors (Lipinski definition) is 12. The molecule has 105 heavy (non-hydrogen) atoms. The van der Waals surface area contributed by atoms with E-state index < -0.39 is 0 Å². The van der Waals surface area contributed by atoms with Gasteiger partial charge in [0.1, 0.15) is 54.2 Å². The second-order valence-electron chi connectivity index (χ2n) is 31.1. The molecule has 0 amide bonds. The average Bonchev–Trinajstić information content (AvgIpc) is 1.36. The summed E-state index contributed by atoms with van der Waals surface area (Å²) in [6.07, 6.45) is 5.97. The molecule has 0 spiro atoms. The van der Waals surface area contributed by atoms with Crippen molar-refractivity contribution in [3.8, 4) is 17.2 Å². The van der Waals surface area contributed by atoms with E-state index in [1.807, 2.05) is 32.6 Å². The van der Waals surface area contributed by atoms with E-state index in [1.165, 1.54) is 81.3 Å². The molecule has 0 aliphatic carbocycles. The molecular weight excluding hydrogens is 1300 g/mol. The zero-order chi connectivity index (χ0) is 72.0. The lowest BCUT2D eigenvalue weighted by molar-refractivity contribution is 0.0892. The monoisotopic (exact) mass is 1390 g/mol. The molecule has 0 fully saturated rings. The van der Waals surface area contributed by atoms with Gasteiger partial charge in [-0.1, -0.05) is 224 Å². The number of nitrogens with zero attached hydrogens (tertiary/aromatic N) is 9. The summed E-state index contributed by atoms with van der Waals surface area (Å²) >= 11 is 0. The van der Waals surface area contributed by atoms with Gasteiger partial charge in [0, 0.05) is 33.4 Å². The number of aromatic nitrogens is 9. The number of rotatable bonds is 15. The lowest BCUT2D eigenvalue weighted by Crippen LogP contribution is -2.16. The third-order valence-corrected chi connectivity index (χ3v) is 20.3. The Balaban J connectivity index is 0.764. The molecule has 0 unspecified atom stereocenters. The highest BCUT2D eigenvalue weighted by molar-refractivity contribution is 6.04. The summed E-state index contributed by atoms with van der Waals surface area (Å²) in [6, 6.07) is 71.3. The van der Waals surface area contributed by atoms with Crippen LogP contribution in [0.2, 0.25) is 0 Å². The molecule has 0 N–H and O–H groups in total. The topological polar surface area (TPSA) is 148 Å². The van der Waals surface area contributed by atoms with Crippen LogP contribution >= 0.6 is 0 Å². The molecule has 15 aromatic rings. The van der Waals surface area contributed by atoms with E-state index in [2.05, 4.69) is 263 Å². The van der Waals surface area contributed by atoms with Crippen LogP contribution in [0.15, 0.2) is 219 Å². The van der Waals surface area contributed by atoms with Crippen LogP contribution in [-0.2, 0) is 110 Å². The Morgan fingerprint density at radius 2 is 0.505 bits per heavy atom. The van der Waals surface area contributed by atoms with Gasteiger partial charge < -0.3 is 28.4 Å². The van der Waals surface area contributed by atoms with Crippen molar-refractivity contribution in [2.45, 2.75) is 158 Å². The van der Waals surface area contributed by atoms with Crippen molar-refractivity contribution in [3.63, 3.8) is 0 Å². The van der Waals surface area contributed by atoms with Gasteiger partial charge in [-0.05, 0) is 169 Å². The van der Waals surface area contributed by atoms with Gasteiger partial charge >= 0.3 is 0 Å². The molecule has 1 aliphatic heterocycles. The second-order valence-corrected chi connectivity index (χ2v) is 31.1. The maximum Gasteiger partial charge on any atom is 0.134 e. The largest absolute Gasteiger partial charge is 0.486 e. The lowest BCUT2D eigenvalue weighted by atomic mass is 9.84. The fourth-order valence-electron chi connectivity index (χ4n) is 14.8. The number of benzene rings is 12. The first-order valence-corrected chi connectivity index (χ1v) is 36.3. The quantitative estimate of drug-likeness (QED) is 0.0900. The van der Waals surface area contributed by atoms with Crippen molar-refractivity contribution >= 4 is 64.6 Å². The molecule has 3 aromatic heterocycles. The zero-order valence-electron chi connectivity index (χ0n) is 61.2. The molecule has 16 rings (SSSR count). The van der Waals surface area contributed by atoms with Gasteiger partial charge in [0.2, 0.25) is 0 Å². The van der Waals surface area contributed by atoms with Crippen molar-refractivity contribution in [2.75, 3.05) is 0 Å². The fourth-order valence-corrected chi connectivity index (χ4v) is 14.8. The number of ether oxygens (including phenoxy) is 6. The van der Waals surface area contributed by atoms with Crippen LogP contribution in [0.5, 0.6) is 17.2 Å². The second kappa shape index (κ2) is 28.5. The Hall–Kier alpha value is -11.1. The molecule has 12 aromatic carbocycles. The van der Waals surface area contributed by atoms with Gasteiger partial charge in [0.25, 0.3) is 0 Å². The van der Waals surface area contributed by atoms with E-state index >= 15 is 0 Å². The zero-order valence-corrected chi connectivity index (χ0v) is 61.2. The van der Waals surface area contributed by atoms with Crippen molar-refractivity contribution in [1.82, 2.24) is 45.0 Å². The van der Waals surface area contributed by atoms with Gasteiger partial charge in [-0.3, -0.25) is 0 Å². The van der Waals surface area contributed by atoms with Crippen LogP contribution in [0.1, 0.15) is 146 Å². The highest BCUT2D eigenvalue weighted by Crippen LogP contribution is 2.41. The average molecular weight is 1390 g/mol. The first kappa shape index (κ1) is 68.3. The van der Waals surface area contributed by atoms with Crippen LogP contribution < -0.4 is 14.2 Å². The molecular formula is C90H87N9O6.